The number of hydrogen-bond donors (Lipinski definition) is 1. The second-order valence-corrected chi connectivity index (χ2v) is 8.12. The van der Waals surface area contributed by atoms with Gasteiger partial charge in [-0.1, -0.05) is 56.3 Å². The van der Waals surface area contributed by atoms with E-state index >= 15 is 0 Å². The van der Waals surface area contributed by atoms with Crippen LogP contribution in [0.15, 0.2) is 48.5 Å². The van der Waals surface area contributed by atoms with Crippen LogP contribution in [0.25, 0.3) is 0 Å². The molecule has 1 aliphatic rings. The van der Waals surface area contributed by atoms with Gasteiger partial charge >= 0.3 is 6.09 Å². The zero-order valence-corrected chi connectivity index (χ0v) is 17.7. The van der Waals surface area contributed by atoms with Crippen LogP contribution in [0.5, 0.6) is 5.75 Å². The summed E-state index contributed by atoms with van der Waals surface area (Å²) in [7, 11) is 0. The van der Waals surface area contributed by atoms with Crippen molar-refractivity contribution in [1.29, 1.82) is 0 Å². The van der Waals surface area contributed by atoms with Crippen LogP contribution in [0.2, 0.25) is 0 Å². The van der Waals surface area contributed by atoms with Gasteiger partial charge in [-0.3, -0.25) is 4.79 Å². The summed E-state index contributed by atoms with van der Waals surface area (Å²) in [5.41, 5.74) is 3.04. The number of hydrogen-bond acceptors (Lipinski definition) is 3. The molecular formula is C24H30N2O4. The molecule has 1 N–H and O–H groups in total. The van der Waals surface area contributed by atoms with E-state index in [0.717, 1.165) is 23.1 Å². The molecule has 1 aliphatic heterocycles. The maximum absolute atomic E-state index is 13.0. The van der Waals surface area contributed by atoms with Crippen molar-refractivity contribution >= 4 is 12.0 Å². The van der Waals surface area contributed by atoms with Crippen molar-refractivity contribution in [2.24, 2.45) is 5.92 Å². The van der Waals surface area contributed by atoms with Gasteiger partial charge in [0.2, 0.25) is 0 Å². The molecule has 1 heterocycles. The number of carboxylic acid groups (broad SMARTS) is 1. The van der Waals surface area contributed by atoms with E-state index in [4.69, 9.17) is 4.74 Å². The van der Waals surface area contributed by atoms with E-state index in [9.17, 15) is 14.7 Å². The lowest BCUT2D eigenvalue weighted by atomic mass is 9.99. The first-order valence-electron chi connectivity index (χ1n) is 10.5. The van der Waals surface area contributed by atoms with Gasteiger partial charge in [-0.15, -0.1) is 0 Å². The van der Waals surface area contributed by atoms with Gasteiger partial charge in [0.05, 0.1) is 0 Å². The summed E-state index contributed by atoms with van der Waals surface area (Å²) in [5, 5.41) is 9.23. The number of carbonyl (C=O) groups excluding carboxylic acids is 1. The Bertz CT molecular complexity index is 867. The Hall–Kier alpha value is -3.02. The van der Waals surface area contributed by atoms with Gasteiger partial charge < -0.3 is 19.6 Å². The number of nitrogens with zero attached hydrogens (tertiary/aromatic N) is 2. The monoisotopic (exact) mass is 410 g/mol. The zero-order chi connectivity index (χ0) is 21.5. The van der Waals surface area contributed by atoms with Gasteiger partial charge in [0, 0.05) is 31.7 Å². The number of ether oxygens (including phenoxy) is 1. The Balaban J connectivity index is 1.66. The second kappa shape index (κ2) is 10.1. The number of amides is 2. The smallest absolute Gasteiger partial charge is 0.407 e. The molecule has 0 atom stereocenters. The van der Waals surface area contributed by atoms with Crippen LogP contribution in [-0.4, -0.2) is 46.6 Å². The summed E-state index contributed by atoms with van der Waals surface area (Å²) in [6.45, 7) is 6.32. The minimum atomic E-state index is -0.913. The number of fused-ring (bicyclic) bond motifs is 1. The number of rotatable bonds is 8. The fraction of sp³-hybridized carbons (Fsp3) is 0.417. The van der Waals surface area contributed by atoms with Crippen LogP contribution in [0.3, 0.4) is 0 Å². The molecule has 0 radical (unpaired) electrons. The van der Waals surface area contributed by atoms with Crippen molar-refractivity contribution in [3.05, 3.63) is 65.2 Å². The van der Waals surface area contributed by atoms with Crippen molar-refractivity contribution < 1.29 is 19.4 Å². The van der Waals surface area contributed by atoms with E-state index in [1.165, 1.54) is 4.90 Å². The number of benzene rings is 2. The molecule has 0 spiro atoms. The molecular weight excluding hydrogens is 380 g/mol. The predicted molar refractivity (Wildman–Crippen MR) is 115 cm³/mol. The van der Waals surface area contributed by atoms with Crippen molar-refractivity contribution in [1.82, 2.24) is 9.80 Å². The van der Waals surface area contributed by atoms with Gasteiger partial charge in [0.1, 0.15) is 5.75 Å². The second-order valence-electron chi connectivity index (χ2n) is 8.12. The summed E-state index contributed by atoms with van der Waals surface area (Å²) in [5.74, 6) is 1.14. The fourth-order valence-corrected chi connectivity index (χ4v) is 3.61. The maximum atomic E-state index is 13.0. The topological polar surface area (TPSA) is 70.1 Å². The molecule has 0 aromatic heterocycles. The summed E-state index contributed by atoms with van der Waals surface area (Å²) >= 11 is 0. The maximum Gasteiger partial charge on any atom is 0.407 e. The van der Waals surface area contributed by atoms with E-state index in [1.54, 1.807) is 0 Å². The molecule has 0 unspecified atom stereocenters. The highest BCUT2D eigenvalue weighted by atomic mass is 16.5. The van der Waals surface area contributed by atoms with E-state index in [2.05, 4.69) is 13.8 Å². The van der Waals surface area contributed by atoms with Crippen LogP contribution in [0, 0.1) is 5.92 Å². The molecule has 160 valence electrons. The molecule has 30 heavy (non-hydrogen) atoms. The minimum absolute atomic E-state index is 0.0238. The Morgan fingerprint density at radius 3 is 2.60 bits per heavy atom. The summed E-state index contributed by atoms with van der Waals surface area (Å²) < 4.78 is 5.93. The Morgan fingerprint density at radius 1 is 1.13 bits per heavy atom. The lowest BCUT2D eigenvalue weighted by Crippen LogP contribution is -2.36. The van der Waals surface area contributed by atoms with E-state index < -0.39 is 6.09 Å². The van der Waals surface area contributed by atoms with Gasteiger partial charge in [0.25, 0.3) is 5.91 Å². The van der Waals surface area contributed by atoms with E-state index in [-0.39, 0.29) is 12.5 Å². The predicted octanol–water partition coefficient (Wildman–Crippen LogP) is 4.18. The minimum Gasteiger partial charge on any atom is -0.483 e. The average Bonchev–Trinajstić information content (AvgIpc) is 2.75. The molecule has 0 aliphatic carbocycles. The summed E-state index contributed by atoms with van der Waals surface area (Å²) in [4.78, 5) is 27.5. The van der Waals surface area contributed by atoms with Gasteiger partial charge in [-0.25, -0.2) is 4.79 Å². The first-order chi connectivity index (χ1) is 14.4. The third kappa shape index (κ3) is 5.75. The van der Waals surface area contributed by atoms with Crippen LogP contribution in [-0.2, 0) is 24.3 Å². The van der Waals surface area contributed by atoms with Gasteiger partial charge in [-0.05, 0) is 36.0 Å². The largest absolute Gasteiger partial charge is 0.483 e. The molecule has 0 bridgehead atoms. The standard InChI is InChI=1S/C24H30N2O4/c1-18(2)11-13-25(15-19-7-4-3-5-8-19)23(27)17-30-22-10-6-9-20-16-26(24(28)29)14-12-21(20)22/h3-10,18H,11-17H2,1-2H3,(H,28,29). The van der Waals surface area contributed by atoms with Gasteiger partial charge in [-0.2, -0.15) is 0 Å². The lowest BCUT2D eigenvalue weighted by Gasteiger charge is -2.28. The summed E-state index contributed by atoms with van der Waals surface area (Å²) in [6, 6.07) is 15.6. The highest BCUT2D eigenvalue weighted by Crippen LogP contribution is 2.28. The van der Waals surface area contributed by atoms with Crippen LogP contribution < -0.4 is 4.74 Å². The Labute approximate surface area is 178 Å². The Morgan fingerprint density at radius 2 is 1.90 bits per heavy atom. The third-order valence-corrected chi connectivity index (χ3v) is 5.39. The van der Waals surface area contributed by atoms with Crippen molar-refractivity contribution in [2.45, 2.75) is 39.8 Å². The zero-order valence-electron chi connectivity index (χ0n) is 17.7. The SMILES string of the molecule is CC(C)CCN(Cc1ccccc1)C(=O)COc1cccc2c1CCN(C(=O)O)C2. The lowest BCUT2D eigenvalue weighted by molar-refractivity contribution is -0.134. The van der Waals surface area contributed by atoms with E-state index in [0.29, 0.717) is 44.3 Å². The van der Waals surface area contributed by atoms with Crippen molar-refractivity contribution in [3.63, 3.8) is 0 Å². The molecule has 2 aromatic rings. The van der Waals surface area contributed by atoms with Crippen molar-refractivity contribution in [2.75, 3.05) is 19.7 Å². The highest BCUT2D eigenvalue weighted by molar-refractivity contribution is 5.78. The van der Waals surface area contributed by atoms with Crippen molar-refractivity contribution in [3.8, 4) is 5.75 Å². The fourth-order valence-electron chi connectivity index (χ4n) is 3.61. The third-order valence-electron chi connectivity index (χ3n) is 5.39. The average molecular weight is 411 g/mol. The first kappa shape index (κ1) is 21.7. The molecule has 6 nitrogen and oxygen atoms in total. The van der Waals surface area contributed by atoms with Crippen LogP contribution in [0.1, 0.15) is 37.0 Å². The Kier molecular flexibility index (Phi) is 7.33. The first-order valence-corrected chi connectivity index (χ1v) is 10.5. The van der Waals surface area contributed by atoms with Crippen LogP contribution in [0.4, 0.5) is 4.79 Å². The summed E-state index contributed by atoms with van der Waals surface area (Å²) in [6.07, 6.45) is 0.612. The highest BCUT2D eigenvalue weighted by Gasteiger charge is 2.23. The normalized spacial score (nSPS) is 13.1. The molecule has 2 amide bonds. The molecule has 0 fully saturated rings. The van der Waals surface area contributed by atoms with Crippen LogP contribution >= 0.6 is 0 Å². The number of carbonyl (C=O) groups is 2. The molecule has 0 saturated carbocycles. The quantitative estimate of drug-likeness (QED) is 0.709. The molecule has 2 aromatic carbocycles. The van der Waals surface area contributed by atoms with E-state index in [1.807, 2.05) is 53.4 Å². The molecule has 6 heteroatoms. The van der Waals surface area contributed by atoms with Gasteiger partial charge in [0.15, 0.2) is 6.61 Å². The molecule has 0 saturated heterocycles. The molecule has 3 rings (SSSR count).